The molecule has 0 saturated heterocycles. The first-order valence-electron chi connectivity index (χ1n) is 5.74. The second-order valence-electron chi connectivity index (χ2n) is 3.91. The maximum Gasteiger partial charge on any atom is 0.322 e. The van der Waals surface area contributed by atoms with Crippen molar-refractivity contribution in [1.29, 1.82) is 0 Å². The number of benzene rings is 1. The van der Waals surface area contributed by atoms with Crippen molar-refractivity contribution in [1.82, 2.24) is 14.8 Å². The van der Waals surface area contributed by atoms with Crippen molar-refractivity contribution in [2.24, 2.45) is 5.73 Å². The van der Waals surface area contributed by atoms with E-state index in [-0.39, 0.29) is 6.04 Å². The summed E-state index contributed by atoms with van der Waals surface area (Å²) in [7, 11) is 0. The number of hydrogen-bond donors (Lipinski definition) is 1. The van der Waals surface area contributed by atoms with Crippen LogP contribution < -0.4 is 10.5 Å². The number of para-hydroxylation sites is 1. The van der Waals surface area contributed by atoms with Crippen LogP contribution in [0, 0.1) is 0 Å². The quantitative estimate of drug-likeness (QED) is 0.924. The molecule has 5 nitrogen and oxygen atoms in total. The third kappa shape index (κ3) is 2.47. The molecule has 0 aliphatic rings. The van der Waals surface area contributed by atoms with Crippen LogP contribution in [-0.4, -0.2) is 14.8 Å². The molecule has 0 unspecified atom stereocenters. The van der Waals surface area contributed by atoms with Crippen LogP contribution in [0.25, 0.3) is 0 Å². The highest BCUT2D eigenvalue weighted by Gasteiger charge is 2.16. The van der Waals surface area contributed by atoms with Gasteiger partial charge in [-0.3, -0.25) is 4.57 Å². The SMILES string of the molecule is CCn1c(Oc2ccccc2Cl)nnc1[C@@H](C)N. The Hall–Kier alpha value is -1.59. The van der Waals surface area contributed by atoms with Crippen LogP contribution in [0.5, 0.6) is 11.8 Å². The monoisotopic (exact) mass is 266 g/mol. The molecular formula is C12H15ClN4O. The first-order chi connectivity index (χ1) is 8.63. The van der Waals surface area contributed by atoms with Gasteiger partial charge in [0.2, 0.25) is 0 Å². The molecule has 2 N–H and O–H groups in total. The van der Waals surface area contributed by atoms with Crippen LogP contribution in [0.15, 0.2) is 24.3 Å². The summed E-state index contributed by atoms with van der Waals surface area (Å²) in [5, 5.41) is 8.56. The molecule has 0 aliphatic carbocycles. The summed E-state index contributed by atoms with van der Waals surface area (Å²) in [5.74, 6) is 1.25. The normalized spacial score (nSPS) is 12.4. The number of rotatable bonds is 4. The van der Waals surface area contributed by atoms with E-state index >= 15 is 0 Å². The fourth-order valence-corrected chi connectivity index (χ4v) is 1.81. The van der Waals surface area contributed by atoms with Gasteiger partial charge in [0.1, 0.15) is 5.75 Å². The molecule has 0 amide bonds. The number of aromatic nitrogens is 3. The molecule has 1 atom stereocenters. The Morgan fingerprint density at radius 1 is 1.39 bits per heavy atom. The molecule has 2 rings (SSSR count). The minimum absolute atomic E-state index is 0.193. The van der Waals surface area contributed by atoms with Gasteiger partial charge in [0.05, 0.1) is 11.1 Å². The van der Waals surface area contributed by atoms with Gasteiger partial charge in [-0.2, -0.15) is 0 Å². The number of halogens is 1. The molecule has 2 aromatic rings. The van der Waals surface area contributed by atoms with Gasteiger partial charge in [-0.05, 0) is 26.0 Å². The van der Waals surface area contributed by atoms with Crippen LogP contribution in [0.4, 0.5) is 0 Å². The van der Waals surface area contributed by atoms with E-state index in [1.807, 2.05) is 30.5 Å². The van der Waals surface area contributed by atoms with Crippen LogP contribution in [-0.2, 0) is 6.54 Å². The van der Waals surface area contributed by atoms with E-state index in [4.69, 9.17) is 22.1 Å². The van der Waals surface area contributed by atoms with Crippen LogP contribution in [0.1, 0.15) is 25.7 Å². The molecule has 1 heterocycles. The van der Waals surface area contributed by atoms with Crippen molar-refractivity contribution >= 4 is 11.6 Å². The van der Waals surface area contributed by atoms with Crippen LogP contribution in [0.3, 0.4) is 0 Å². The largest absolute Gasteiger partial charge is 0.423 e. The zero-order valence-corrected chi connectivity index (χ0v) is 11.1. The van der Waals surface area contributed by atoms with Gasteiger partial charge in [-0.1, -0.05) is 28.8 Å². The van der Waals surface area contributed by atoms with Gasteiger partial charge in [0.25, 0.3) is 0 Å². The first-order valence-corrected chi connectivity index (χ1v) is 6.12. The summed E-state index contributed by atoms with van der Waals surface area (Å²) in [6, 6.07) is 7.44. The lowest BCUT2D eigenvalue weighted by molar-refractivity contribution is 0.409. The number of ether oxygens (including phenoxy) is 1. The minimum atomic E-state index is -0.193. The molecule has 6 heteroatoms. The number of hydrogen-bond acceptors (Lipinski definition) is 4. The summed E-state index contributed by atoms with van der Waals surface area (Å²) in [6.45, 7) is 4.52. The molecule has 0 radical (unpaired) electrons. The van der Waals surface area contributed by atoms with Gasteiger partial charge < -0.3 is 10.5 Å². The van der Waals surface area contributed by atoms with Gasteiger partial charge in [0, 0.05) is 6.54 Å². The molecule has 96 valence electrons. The van der Waals surface area contributed by atoms with Crippen molar-refractivity contribution < 1.29 is 4.74 Å². The third-order valence-electron chi connectivity index (χ3n) is 2.51. The van der Waals surface area contributed by atoms with Gasteiger partial charge in [-0.25, -0.2) is 0 Å². The summed E-state index contributed by atoms with van der Waals surface area (Å²) in [5.41, 5.74) is 5.82. The van der Waals surface area contributed by atoms with E-state index in [2.05, 4.69) is 10.2 Å². The Balaban J connectivity index is 2.33. The number of nitrogens with zero attached hydrogens (tertiary/aromatic N) is 3. The van der Waals surface area contributed by atoms with Gasteiger partial charge in [-0.15, -0.1) is 5.10 Å². The highest BCUT2D eigenvalue weighted by atomic mass is 35.5. The zero-order valence-electron chi connectivity index (χ0n) is 10.3. The zero-order chi connectivity index (χ0) is 13.1. The molecule has 18 heavy (non-hydrogen) atoms. The highest BCUT2D eigenvalue weighted by Crippen LogP contribution is 2.28. The predicted octanol–water partition coefficient (Wildman–Crippen LogP) is 2.76. The Bertz CT molecular complexity index is 539. The fourth-order valence-electron chi connectivity index (χ4n) is 1.64. The van der Waals surface area contributed by atoms with E-state index in [1.54, 1.807) is 12.1 Å². The molecular weight excluding hydrogens is 252 g/mol. The molecule has 0 fully saturated rings. The highest BCUT2D eigenvalue weighted by molar-refractivity contribution is 6.32. The van der Waals surface area contributed by atoms with Crippen molar-refractivity contribution in [3.63, 3.8) is 0 Å². The first kappa shape index (κ1) is 12.9. The summed E-state index contributed by atoms with van der Waals surface area (Å²) in [6.07, 6.45) is 0. The van der Waals surface area contributed by atoms with E-state index in [9.17, 15) is 0 Å². The minimum Gasteiger partial charge on any atom is -0.423 e. The fraction of sp³-hybridized carbons (Fsp3) is 0.333. The molecule has 0 spiro atoms. The Labute approximate surface area is 111 Å². The molecule has 0 bridgehead atoms. The summed E-state index contributed by atoms with van der Waals surface area (Å²) < 4.78 is 7.49. The lowest BCUT2D eigenvalue weighted by atomic mass is 10.3. The Morgan fingerprint density at radius 3 is 2.72 bits per heavy atom. The number of nitrogens with two attached hydrogens (primary N) is 1. The van der Waals surface area contributed by atoms with Gasteiger partial charge >= 0.3 is 6.01 Å². The van der Waals surface area contributed by atoms with E-state index < -0.39 is 0 Å². The van der Waals surface area contributed by atoms with E-state index in [0.717, 1.165) is 0 Å². The second-order valence-corrected chi connectivity index (χ2v) is 4.31. The van der Waals surface area contributed by atoms with E-state index in [1.165, 1.54) is 0 Å². The summed E-state index contributed by atoms with van der Waals surface area (Å²) in [4.78, 5) is 0. The van der Waals surface area contributed by atoms with E-state index in [0.29, 0.717) is 29.2 Å². The van der Waals surface area contributed by atoms with Crippen molar-refractivity contribution in [2.75, 3.05) is 0 Å². The molecule has 1 aromatic heterocycles. The average Bonchev–Trinajstić information content (AvgIpc) is 2.75. The molecule has 1 aromatic carbocycles. The maximum atomic E-state index is 6.03. The van der Waals surface area contributed by atoms with Crippen molar-refractivity contribution in [2.45, 2.75) is 26.4 Å². The third-order valence-corrected chi connectivity index (χ3v) is 2.82. The van der Waals surface area contributed by atoms with Gasteiger partial charge in [0.15, 0.2) is 5.82 Å². The van der Waals surface area contributed by atoms with Crippen molar-refractivity contribution in [3.8, 4) is 11.8 Å². The lowest BCUT2D eigenvalue weighted by Crippen LogP contribution is -2.13. The molecule has 0 saturated carbocycles. The molecule has 0 aliphatic heterocycles. The predicted molar refractivity (Wildman–Crippen MR) is 69.8 cm³/mol. The Kier molecular flexibility index (Phi) is 3.84. The Morgan fingerprint density at radius 2 is 2.11 bits per heavy atom. The smallest absolute Gasteiger partial charge is 0.322 e. The average molecular weight is 267 g/mol. The van der Waals surface area contributed by atoms with Crippen molar-refractivity contribution in [3.05, 3.63) is 35.1 Å². The lowest BCUT2D eigenvalue weighted by Gasteiger charge is -2.10. The van der Waals surface area contributed by atoms with Crippen LogP contribution >= 0.6 is 11.6 Å². The standard InChI is InChI=1S/C12H15ClN4O/c1-3-17-11(8(2)14)15-16-12(17)18-10-7-5-4-6-9(10)13/h4-8H,3,14H2,1-2H3/t8-/m1/s1. The summed E-state index contributed by atoms with van der Waals surface area (Å²) >= 11 is 6.03. The second kappa shape index (κ2) is 5.37. The van der Waals surface area contributed by atoms with Crippen LogP contribution in [0.2, 0.25) is 5.02 Å². The topological polar surface area (TPSA) is 66.0 Å². The maximum absolute atomic E-state index is 6.03.